The molecule has 1 N–H and O–H groups in total. The minimum absolute atomic E-state index is 0.701. The van der Waals surface area contributed by atoms with Gasteiger partial charge in [-0.05, 0) is 30.5 Å². The first-order valence-electron chi connectivity index (χ1n) is 6.28. The molecular formula is C14H17NO2S. The van der Waals surface area contributed by atoms with E-state index in [0.29, 0.717) is 5.25 Å². The van der Waals surface area contributed by atoms with Crippen LogP contribution in [0.5, 0.6) is 0 Å². The maximum Gasteiger partial charge on any atom is 0.328 e. The van der Waals surface area contributed by atoms with Crippen LogP contribution in [0.15, 0.2) is 29.4 Å². The van der Waals surface area contributed by atoms with E-state index in [0.717, 1.165) is 16.7 Å². The molecule has 1 aliphatic rings. The largest absolute Gasteiger partial charge is 0.478 e. The lowest BCUT2D eigenvalue weighted by Crippen LogP contribution is -2.07. The van der Waals surface area contributed by atoms with Crippen molar-refractivity contribution in [3.8, 4) is 0 Å². The van der Waals surface area contributed by atoms with Gasteiger partial charge in [0, 0.05) is 17.5 Å². The second-order valence-corrected chi connectivity index (χ2v) is 5.80. The summed E-state index contributed by atoms with van der Waals surface area (Å²) in [6.07, 6.45) is 11.0. The number of thioether (sulfide) groups is 1. The van der Waals surface area contributed by atoms with Crippen LogP contribution >= 0.6 is 11.8 Å². The Bertz CT molecular complexity index is 422. The molecule has 0 aliphatic heterocycles. The van der Waals surface area contributed by atoms with Crippen molar-refractivity contribution >= 4 is 23.8 Å². The molecule has 3 nitrogen and oxygen atoms in total. The summed E-state index contributed by atoms with van der Waals surface area (Å²) in [7, 11) is 0. The number of hydrogen-bond donors (Lipinski definition) is 1. The molecule has 0 spiro atoms. The van der Waals surface area contributed by atoms with Crippen molar-refractivity contribution in [3.63, 3.8) is 0 Å². The van der Waals surface area contributed by atoms with E-state index in [-0.39, 0.29) is 0 Å². The van der Waals surface area contributed by atoms with Gasteiger partial charge < -0.3 is 5.11 Å². The van der Waals surface area contributed by atoms with E-state index in [9.17, 15) is 4.79 Å². The Hall–Kier alpha value is -1.29. The van der Waals surface area contributed by atoms with E-state index in [1.165, 1.54) is 32.1 Å². The molecule has 1 aromatic rings. The zero-order chi connectivity index (χ0) is 12.8. The van der Waals surface area contributed by atoms with Gasteiger partial charge in [0.1, 0.15) is 0 Å². The molecule has 4 heteroatoms. The molecule has 1 aliphatic carbocycles. The lowest BCUT2D eigenvalue weighted by atomic mass is 10.0. The van der Waals surface area contributed by atoms with Gasteiger partial charge in [0.15, 0.2) is 0 Å². The van der Waals surface area contributed by atoms with Gasteiger partial charge in [-0.3, -0.25) is 0 Å². The number of pyridine rings is 1. The molecule has 0 amide bonds. The molecule has 1 aromatic heterocycles. The van der Waals surface area contributed by atoms with Crippen LogP contribution in [0.4, 0.5) is 0 Å². The highest BCUT2D eigenvalue weighted by Crippen LogP contribution is 2.32. The summed E-state index contributed by atoms with van der Waals surface area (Å²) in [5.41, 5.74) is 0.824. The summed E-state index contributed by atoms with van der Waals surface area (Å²) in [6.45, 7) is 0. The first-order chi connectivity index (χ1) is 8.74. The number of carboxylic acid groups (broad SMARTS) is 1. The molecule has 0 radical (unpaired) electrons. The molecule has 0 saturated heterocycles. The zero-order valence-electron chi connectivity index (χ0n) is 10.2. The van der Waals surface area contributed by atoms with Gasteiger partial charge in [-0.15, -0.1) is 11.8 Å². The second kappa shape index (κ2) is 6.59. The van der Waals surface area contributed by atoms with Crippen molar-refractivity contribution in [3.05, 3.63) is 30.0 Å². The standard InChI is InChI=1S/C14H17NO2S/c16-14(17)9-7-11-6-8-13(15-10-11)18-12-4-2-1-3-5-12/h6-10,12H,1-5H2,(H,16,17). The van der Waals surface area contributed by atoms with Crippen molar-refractivity contribution in [2.45, 2.75) is 42.4 Å². The molecule has 1 saturated carbocycles. The van der Waals surface area contributed by atoms with Gasteiger partial charge >= 0.3 is 5.97 Å². The Kier molecular flexibility index (Phi) is 4.81. The third-order valence-electron chi connectivity index (χ3n) is 3.02. The summed E-state index contributed by atoms with van der Waals surface area (Å²) in [6, 6.07) is 3.89. The number of hydrogen-bond acceptors (Lipinski definition) is 3. The van der Waals surface area contributed by atoms with Crippen molar-refractivity contribution < 1.29 is 9.90 Å². The monoisotopic (exact) mass is 263 g/mol. The second-order valence-electron chi connectivity index (χ2n) is 4.48. The normalized spacial score (nSPS) is 17.1. The summed E-state index contributed by atoms with van der Waals surface area (Å²) in [5.74, 6) is -0.935. The fourth-order valence-corrected chi connectivity index (χ4v) is 3.25. The quantitative estimate of drug-likeness (QED) is 0.843. The van der Waals surface area contributed by atoms with Gasteiger partial charge in [-0.1, -0.05) is 25.3 Å². The molecule has 2 rings (SSSR count). The van der Waals surface area contributed by atoms with E-state index >= 15 is 0 Å². The highest BCUT2D eigenvalue weighted by atomic mass is 32.2. The Balaban J connectivity index is 1.92. The molecular weight excluding hydrogens is 246 g/mol. The average Bonchev–Trinajstić information content (AvgIpc) is 2.39. The first-order valence-corrected chi connectivity index (χ1v) is 7.16. The fourth-order valence-electron chi connectivity index (χ4n) is 2.08. The van der Waals surface area contributed by atoms with Gasteiger partial charge in [-0.2, -0.15) is 0 Å². The number of rotatable bonds is 4. The van der Waals surface area contributed by atoms with Gasteiger partial charge in [0.2, 0.25) is 0 Å². The van der Waals surface area contributed by atoms with Crippen LogP contribution in [0.25, 0.3) is 6.08 Å². The van der Waals surface area contributed by atoms with Gasteiger partial charge in [0.05, 0.1) is 5.03 Å². The van der Waals surface area contributed by atoms with Crippen LogP contribution in [0.2, 0.25) is 0 Å². The van der Waals surface area contributed by atoms with Crippen LogP contribution < -0.4 is 0 Å². The van der Waals surface area contributed by atoms with Crippen LogP contribution in [0.3, 0.4) is 0 Å². The van der Waals surface area contributed by atoms with Crippen LogP contribution in [-0.4, -0.2) is 21.3 Å². The number of carbonyl (C=O) groups is 1. The predicted molar refractivity (Wildman–Crippen MR) is 73.6 cm³/mol. The lowest BCUT2D eigenvalue weighted by Gasteiger charge is -2.20. The molecule has 0 atom stereocenters. The lowest BCUT2D eigenvalue weighted by molar-refractivity contribution is -0.131. The topological polar surface area (TPSA) is 50.2 Å². The van der Waals surface area contributed by atoms with E-state index in [4.69, 9.17) is 5.11 Å². The molecule has 0 bridgehead atoms. The van der Waals surface area contributed by atoms with Crippen molar-refractivity contribution in [1.29, 1.82) is 0 Å². The zero-order valence-corrected chi connectivity index (χ0v) is 11.0. The van der Waals surface area contributed by atoms with Gasteiger partial charge in [0.25, 0.3) is 0 Å². The van der Waals surface area contributed by atoms with E-state index in [1.807, 2.05) is 23.9 Å². The number of carboxylic acids is 1. The average molecular weight is 263 g/mol. The maximum absolute atomic E-state index is 10.4. The maximum atomic E-state index is 10.4. The number of nitrogens with zero attached hydrogens (tertiary/aromatic N) is 1. The number of aromatic nitrogens is 1. The Morgan fingerprint density at radius 1 is 1.33 bits per heavy atom. The van der Waals surface area contributed by atoms with E-state index < -0.39 is 5.97 Å². The summed E-state index contributed by atoms with van der Waals surface area (Å²) in [5, 5.41) is 10.3. The van der Waals surface area contributed by atoms with Crippen LogP contribution in [0.1, 0.15) is 37.7 Å². The molecule has 18 heavy (non-hydrogen) atoms. The minimum Gasteiger partial charge on any atom is -0.478 e. The SMILES string of the molecule is O=C(O)C=Cc1ccc(SC2CCCCC2)nc1. The molecule has 1 heterocycles. The summed E-state index contributed by atoms with van der Waals surface area (Å²) in [4.78, 5) is 14.8. The van der Waals surface area contributed by atoms with Crippen molar-refractivity contribution in [2.75, 3.05) is 0 Å². The van der Waals surface area contributed by atoms with E-state index in [2.05, 4.69) is 4.98 Å². The van der Waals surface area contributed by atoms with Crippen molar-refractivity contribution in [2.24, 2.45) is 0 Å². The highest BCUT2D eigenvalue weighted by Gasteiger charge is 2.14. The third kappa shape index (κ3) is 4.18. The number of aliphatic carboxylic acids is 1. The molecule has 1 fully saturated rings. The fraction of sp³-hybridized carbons (Fsp3) is 0.429. The first kappa shape index (κ1) is 13.1. The minimum atomic E-state index is -0.935. The summed E-state index contributed by atoms with van der Waals surface area (Å²) < 4.78 is 0. The smallest absolute Gasteiger partial charge is 0.328 e. The molecule has 0 unspecified atom stereocenters. The third-order valence-corrected chi connectivity index (χ3v) is 4.30. The van der Waals surface area contributed by atoms with E-state index in [1.54, 1.807) is 12.3 Å². The Morgan fingerprint density at radius 2 is 2.11 bits per heavy atom. The molecule has 96 valence electrons. The molecule has 0 aromatic carbocycles. The predicted octanol–water partition coefficient (Wildman–Crippen LogP) is 3.60. The highest BCUT2D eigenvalue weighted by molar-refractivity contribution is 7.99. The van der Waals surface area contributed by atoms with Crippen molar-refractivity contribution in [1.82, 2.24) is 4.98 Å². The van der Waals surface area contributed by atoms with Crippen LogP contribution in [0, 0.1) is 0 Å². The Labute approximate surface area is 111 Å². The summed E-state index contributed by atoms with van der Waals surface area (Å²) >= 11 is 1.85. The van der Waals surface area contributed by atoms with Crippen LogP contribution in [-0.2, 0) is 4.79 Å². The van der Waals surface area contributed by atoms with Gasteiger partial charge in [-0.25, -0.2) is 9.78 Å². The Morgan fingerprint density at radius 3 is 2.72 bits per heavy atom.